The molecule has 6 rings (SSSR count). The summed E-state index contributed by atoms with van der Waals surface area (Å²) in [6.45, 7) is 0. The summed E-state index contributed by atoms with van der Waals surface area (Å²) in [6, 6.07) is 29.7. The zero-order valence-electron chi connectivity index (χ0n) is 16.1. The highest BCUT2D eigenvalue weighted by molar-refractivity contribution is 8.03. The molecule has 146 valence electrons. The van der Waals surface area contributed by atoms with Gasteiger partial charge in [0, 0.05) is 21.3 Å². The Labute approximate surface area is 183 Å². The SMILES string of the molecule is c1ccc(S[C@@H]2CSc3nnc4c5ccccc5nc-4n3[C@H]2c2ccccc2)cc1. The molecule has 3 aromatic carbocycles. The van der Waals surface area contributed by atoms with E-state index in [2.05, 4.69) is 81.5 Å². The summed E-state index contributed by atoms with van der Waals surface area (Å²) in [5.41, 5.74) is 3.12. The number of thioether (sulfide) groups is 2. The Morgan fingerprint density at radius 2 is 1.57 bits per heavy atom. The van der Waals surface area contributed by atoms with Crippen molar-refractivity contribution in [3.63, 3.8) is 0 Å². The van der Waals surface area contributed by atoms with Crippen molar-refractivity contribution >= 4 is 34.4 Å². The molecule has 0 aliphatic carbocycles. The van der Waals surface area contributed by atoms with Crippen molar-refractivity contribution in [3.05, 3.63) is 90.5 Å². The molecule has 0 radical (unpaired) electrons. The lowest BCUT2D eigenvalue weighted by atomic mass is 10.0. The molecule has 0 spiro atoms. The molecule has 3 aliphatic rings. The number of benzene rings is 3. The van der Waals surface area contributed by atoms with Crippen molar-refractivity contribution in [1.82, 2.24) is 19.7 Å². The van der Waals surface area contributed by atoms with Crippen LogP contribution in [0.4, 0.5) is 0 Å². The van der Waals surface area contributed by atoms with Gasteiger partial charge in [-0.1, -0.05) is 78.5 Å². The Morgan fingerprint density at radius 1 is 0.833 bits per heavy atom. The van der Waals surface area contributed by atoms with Crippen LogP contribution in [0.25, 0.3) is 22.4 Å². The fourth-order valence-electron chi connectivity index (χ4n) is 4.11. The molecular formula is C24H18N4S2. The Bertz CT molecular complexity index is 1290. The predicted octanol–water partition coefficient (Wildman–Crippen LogP) is 5.79. The second kappa shape index (κ2) is 7.45. The molecule has 0 fully saturated rings. The lowest BCUT2D eigenvalue weighted by Gasteiger charge is -2.35. The lowest BCUT2D eigenvalue weighted by Crippen LogP contribution is -2.32. The van der Waals surface area contributed by atoms with Crippen LogP contribution in [0.5, 0.6) is 0 Å². The first kappa shape index (κ1) is 18.0. The van der Waals surface area contributed by atoms with Crippen molar-refractivity contribution in [3.8, 4) is 11.5 Å². The van der Waals surface area contributed by atoms with Crippen LogP contribution in [0.15, 0.2) is 95.0 Å². The minimum atomic E-state index is 0.134. The maximum Gasteiger partial charge on any atom is 0.192 e. The zero-order chi connectivity index (χ0) is 19.9. The summed E-state index contributed by atoms with van der Waals surface area (Å²) in [4.78, 5) is 6.27. The van der Waals surface area contributed by atoms with Crippen LogP contribution < -0.4 is 0 Å². The number of aromatic nitrogens is 4. The molecule has 4 nitrogen and oxygen atoms in total. The average Bonchev–Trinajstić information content (AvgIpc) is 3.19. The normalized spacial score (nSPS) is 18.5. The van der Waals surface area contributed by atoms with Gasteiger partial charge in [-0.2, -0.15) is 0 Å². The van der Waals surface area contributed by atoms with E-state index in [0.29, 0.717) is 5.25 Å². The maximum atomic E-state index is 4.98. The third-order valence-corrected chi connectivity index (χ3v) is 7.99. The molecule has 0 aromatic heterocycles. The monoisotopic (exact) mass is 426 g/mol. The third kappa shape index (κ3) is 2.99. The molecule has 3 aliphatic heterocycles. The smallest absolute Gasteiger partial charge is 0.192 e. The van der Waals surface area contributed by atoms with Crippen molar-refractivity contribution in [2.24, 2.45) is 0 Å². The molecule has 3 aromatic rings. The van der Waals surface area contributed by atoms with Gasteiger partial charge in [0.2, 0.25) is 0 Å². The summed E-state index contributed by atoms with van der Waals surface area (Å²) >= 11 is 3.70. The standard InChI is InChI=1S/C24H18N4S2/c1-3-9-16(10-4-1)22-20(30-17-11-5-2-6-12-17)15-29-24-27-26-21-18-13-7-8-14-19(18)25-23(21)28(22)24/h1-14,20,22H,15H2/t20-,22+/m1/s1. The van der Waals surface area contributed by atoms with Gasteiger partial charge in [-0.25, -0.2) is 4.98 Å². The van der Waals surface area contributed by atoms with Gasteiger partial charge in [0.15, 0.2) is 11.0 Å². The minimum absolute atomic E-state index is 0.134. The first-order chi connectivity index (χ1) is 14.9. The fraction of sp³-hybridized carbons (Fsp3) is 0.125. The maximum absolute atomic E-state index is 4.98. The summed E-state index contributed by atoms with van der Waals surface area (Å²) in [7, 11) is 0. The van der Waals surface area contributed by atoms with E-state index in [1.807, 2.05) is 30.0 Å². The molecule has 6 heteroatoms. The molecule has 0 saturated heterocycles. The minimum Gasteiger partial charge on any atom is -0.293 e. The number of hydrogen-bond donors (Lipinski definition) is 0. The van der Waals surface area contributed by atoms with Crippen LogP contribution in [0, 0.1) is 0 Å². The van der Waals surface area contributed by atoms with E-state index in [1.165, 1.54) is 10.5 Å². The summed E-state index contributed by atoms with van der Waals surface area (Å²) < 4.78 is 2.31. The number of rotatable bonds is 3. The lowest BCUT2D eigenvalue weighted by molar-refractivity contribution is 0.494. The molecule has 0 N–H and O–H groups in total. The molecular weight excluding hydrogens is 408 g/mol. The second-order valence-electron chi connectivity index (χ2n) is 7.29. The van der Waals surface area contributed by atoms with E-state index >= 15 is 0 Å². The van der Waals surface area contributed by atoms with Gasteiger partial charge in [-0.05, 0) is 23.8 Å². The summed E-state index contributed by atoms with van der Waals surface area (Å²) in [5.74, 6) is 1.89. The topological polar surface area (TPSA) is 43.6 Å². The first-order valence-electron chi connectivity index (χ1n) is 9.91. The highest BCUT2D eigenvalue weighted by Crippen LogP contribution is 2.45. The third-order valence-electron chi connectivity index (χ3n) is 5.45. The van der Waals surface area contributed by atoms with E-state index in [4.69, 9.17) is 4.98 Å². The molecule has 3 heterocycles. The van der Waals surface area contributed by atoms with Crippen molar-refractivity contribution in [2.45, 2.75) is 21.3 Å². The van der Waals surface area contributed by atoms with E-state index < -0.39 is 0 Å². The predicted molar refractivity (Wildman–Crippen MR) is 123 cm³/mol. The molecule has 0 saturated carbocycles. The summed E-state index contributed by atoms with van der Waals surface area (Å²) in [6.07, 6.45) is 0. The largest absolute Gasteiger partial charge is 0.293 e. The van der Waals surface area contributed by atoms with Crippen LogP contribution in [-0.2, 0) is 0 Å². The van der Waals surface area contributed by atoms with Gasteiger partial charge in [-0.15, -0.1) is 22.0 Å². The Kier molecular flexibility index (Phi) is 4.47. The second-order valence-corrected chi connectivity index (χ2v) is 9.59. The van der Waals surface area contributed by atoms with Gasteiger partial charge in [0.1, 0.15) is 5.69 Å². The van der Waals surface area contributed by atoms with Gasteiger partial charge in [0.25, 0.3) is 0 Å². The zero-order valence-corrected chi connectivity index (χ0v) is 17.7. The number of para-hydroxylation sites is 1. The van der Waals surface area contributed by atoms with Crippen LogP contribution >= 0.6 is 23.5 Å². The number of nitrogens with zero attached hydrogens (tertiary/aromatic N) is 4. The number of fused-ring (bicyclic) bond motifs is 5. The Morgan fingerprint density at radius 3 is 2.40 bits per heavy atom. The highest BCUT2D eigenvalue weighted by Gasteiger charge is 2.36. The van der Waals surface area contributed by atoms with Crippen molar-refractivity contribution in [2.75, 3.05) is 5.75 Å². The van der Waals surface area contributed by atoms with E-state index in [-0.39, 0.29) is 6.04 Å². The summed E-state index contributed by atoms with van der Waals surface area (Å²) in [5, 5.41) is 11.5. The molecule has 0 amide bonds. The molecule has 2 atom stereocenters. The fourth-order valence-corrected chi connectivity index (χ4v) is 6.59. The van der Waals surface area contributed by atoms with Crippen molar-refractivity contribution < 1.29 is 0 Å². The quantitative estimate of drug-likeness (QED) is 0.365. The van der Waals surface area contributed by atoms with Crippen LogP contribution in [-0.4, -0.2) is 30.8 Å². The average molecular weight is 427 g/mol. The Balaban J connectivity index is 1.55. The molecule has 0 unspecified atom stereocenters. The molecule has 30 heavy (non-hydrogen) atoms. The number of hydrogen-bond acceptors (Lipinski definition) is 5. The van der Waals surface area contributed by atoms with E-state index in [9.17, 15) is 0 Å². The van der Waals surface area contributed by atoms with Crippen molar-refractivity contribution in [1.29, 1.82) is 0 Å². The van der Waals surface area contributed by atoms with Crippen LogP contribution in [0.3, 0.4) is 0 Å². The van der Waals surface area contributed by atoms with Gasteiger partial charge in [0.05, 0.1) is 11.6 Å². The molecule has 0 bridgehead atoms. The van der Waals surface area contributed by atoms with Crippen LogP contribution in [0.1, 0.15) is 11.6 Å². The van der Waals surface area contributed by atoms with Crippen LogP contribution in [0.2, 0.25) is 0 Å². The van der Waals surface area contributed by atoms with Gasteiger partial charge >= 0.3 is 0 Å². The van der Waals surface area contributed by atoms with Gasteiger partial charge in [-0.3, -0.25) is 4.57 Å². The van der Waals surface area contributed by atoms with Gasteiger partial charge < -0.3 is 0 Å². The first-order valence-corrected chi connectivity index (χ1v) is 11.8. The Hall–Kier alpha value is -2.83. The van der Waals surface area contributed by atoms with E-state index in [1.54, 1.807) is 11.8 Å². The highest BCUT2D eigenvalue weighted by atomic mass is 32.2. The van der Waals surface area contributed by atoms with E-state index in [0.717, 1.165) is 33.3 Å².